The molecule has 1 aromatic rings. The Morgan fingerprint density at radius 2 is 2.14 bits per heavy atom. The van der Waals surface area contributed by atoms with Gasteiger partial charge in [0.25, 0.3) is 5.69 Å². The van der Waals surface area contributed by atoms with Crippen LogP contribution >= 0.6 is 0 Å². The summed E-state index contributed by atoms with van der Waals surface area (Å²) in [5.74, 6) is 0. The summed E-state index contributed by atoms with van der Waals surface area (Å²) in [6.07, 6.45) is 0.291. The highest BCUT2D eigenvalue weighted by Crippen LogP contribution is 2.24. The number of rotatable bonds is 5. The van der Waals surface area contributed by atoms with Crippen LogP contribution in [0, 0.1) is 10.1 Å². The summed E-state index contributed by atoms with van der Waals surface area (Å²) < 4.78 is 5.59. The fourth-order valence-corrected chi connectivity index (χ4v) is 2.57. The van der Waals surface area contributed by atoms with Crippen molar-refractivity contribution < 1.29 is 14.8 Å². The number of hydrogen-bond acceptors (Lipinski definition) is 5. The zero-order valence-corrected chi connectivity index (χ0v) is 13.4. The molecule has 0 aromatic heterocycles. The lowest BCUT2D eigenvalue weighted by Crippen LogP contribution is -2.39. The second-order valence-electron chi connectivity index (χ2n) is 6.77. The molecule has 1 aromatic carbocycles. The topological polar surface area (TPSA) is 75.8 Å². The molecule has 1 aliphatic heterocycles. The van der Waals surface area contributed by atoms with Crippen molar-refractivity contribution in [2.24, 2.45) is 0 Å². The van der Waals surface area contributed by atoms with Crippen molar-refractivity contribution >= 4 is 5.69 Å². The zero-order chi connectivity index (χ0) is 16.3. The van der Waals surface area contributed by atoms with Crippen molar-refractivity contribution in [1.82, 2.24) is 4.90 Å². The molecule has 2 rings (SSSR count). The van der Waals surface area contributed by atoms with Crippen LogP contribution in [0.1, 0.15) is 31.9 Å². The molecule has 6 nitrogen and oxygen atoms in total. The molecule has 0 radical (unpaired) electrons. The van der Waals surface area contributed by atoms with E-state index in [1.807, 2.05) is 26.8 Å². The minimum absolute atomic E-state index is 0.122. The number of hydrogen-bond donors (Lipinski definition) is 1. The van der Waals surface area contributed by atoms with Gasteiger partial charge in [-0.1, -0.05) is 6.07 Å². The quantitative estimate of drug-likeness (QED) is 0.666. The maximum absolute atomic E-state index is 10.9. The first kappa shape index (κ1) is 16.9. The Morgan fingerprint density at radius 1 is 1.41 bits per heavy atom. The average molecular weight is 308 g/mol. The van der Waals surface area contributed by atoms with Crippen LogP contribution in [0.3, 0.4) is 0 Å². The molecule has 0 fully saturated rings. The van der Waals surface area contributed by atoms with Crippen molar-refractivity contribution in [2.45, 2.75) is 45.4 Å². The second-order valence-corrected chi connectivity index (χ2v) is 6.77. The third-order valence-corrected chi connectivity index (χ3v) is 3.67. The molecule has 0 spiro atoms. The van der Waals surface area contributed by atoms with Crippen LogP contribution in [0.2, 0.25) is 0 Å². The third kappa shape index (κ3) is 4.76. The third-order valence-electron chi connectivity index (χ3n) is 3.67. The lowest BCUT2D eigenvalue weighted by atomic mass is 9.99. The lowest BCUT2D eigenvalue weighted by Gasteiger charge is -2.31. The number of fused-ring (bicyclic) bond motifs is 1. The van der Waals surface area contributed by atoms with Gasteiger partial charge in [-0.3, -0.25) is 15.0 Å². The predicted molar refractivity (Wildman–Crippen MR) is 83.8 cm³/mol. The Bertz CT molecular complexity index is 539. The SMILES string of the molecule is CC(C)(C)OCC(O)CN1CCc2ccc([N+](=O)[O-])cc2C1. The van der Waals surface area contributed by atoms with Crippen LogP contribution in [0.25, 0.3) is 0 Å². The Labute approximate surface area is 130 Å². The van der Waals surface area contributed by atoms with E-state index in [0.29, 0.717) is 19.7 Å². The van der Waals surface area contributed by atoms with Gasteiger partial charge in [-0.25, -0.2) is 0 Å². The van der Waals surface area contributed by atoms with Gasteiger partial charge < -0.3 is 9.84 Å². The van der Waals surface area contributed by atoms with Gasteiger partial charge in [-0.2, -0.15) is 0 Å². The summed E-state index contributed by atoms with van der Waals surface area (Å²) in [6.45, 7) is 8.14. The van der Waals surface area contributed by atoms with Crippen LogP contribution in [-0.4, -0.2) is 46.3 Å². The first-order valence-electron chi connectivity index (χ1n) is 7.55. The number of aliphatic hydroxyl groups excluding tert-OH is 1. The monoisotopic (exact) mass is 308 g/mol. The van der Waals surface area contributed by atoms with Crippen molar-refractivity contribution in [3.8, 4) is 0 Å². The van der Waals surface area contributed by atoms with Gasteiger partial charge >= 0.3 is 0 Å². The Balaban J connectivity index is 1.93. The number of nitro benzene ring substituents is 1. The molecule has 0 bridgehead atoms. The van der Waals surface area contributed by atoms with Crippen LogP contribution in [0.4, 0.5) is 5.69 Å². The smallest absolute Gasteiger partial charge is 0.269 e. The van der Waals surface area contributed by atoms with Crippen molar-refractivity contribution in [3.05, 3.63) is 39.4 Å². The van der Waals surface area contributed by atoms with Gasteiger partial charge in [-0.15, -0.1) is 0 Å². The molecular weight excluding hydrogens is 284 g/mol. The van der Waals surface area contributed by atoms with Gasteiger partial charge in [-0.05, 0) is 38.3 Å². The van der Waals surface area contributed by atoms with E-state index >= 15 is 0 Å². The van der Waals surface area contributed by atoms with Crippen molar-refractivity contribution in [1.29, 1.82) is 0 Å². The molecule has 0 saturated heterocycles. The summed E-state index contributed by atoms with van der Waals surface area (Å²) in [5, 5.41) is 20.9. The zero-order valence-electron chi connectivity index (χ0n) is 13.4. The fraction of sp³-hybridized carbons (Fsp3) is 0.625. The summed E-state index contributed by atoms with van der Waals surface area (Å²) in [6, 6.07) is 5.03. The number of aliphatic hydroxyl groups is 1. The van der Waals surface area contributed by atoms with Gasteiger partial charge in [0, 0.05) is 31.8 Å². The molecule has 1 unspecified atom stereocenters. The van der Waals surface area contributed by atoms with Gasteiger partial charge in [0.05, 0.1) is 23.2 Å². The van der Waals surface area contributed by atoms with E-state index in [0.717, 1.165) is 24.1 Å². The van der Waals surface area contributed by atoms with E-state index in [-0.39, 0.29) is 16.2 Å². The van der Waals surface area contributed by atoms with Crippen LogP contribution in [-0.2, 0) is 17.7 Å². The summed E-state index contributed by atoms with van der Waals surface area (Å²) in [5.41, 5.74) is 1.99. The Hall–Kier alpha value is -1.50. The molecular formula is C16H24N2O4. The number of benzene rings is 1. The molecule has 22 heavy (non-hydrogen) atoms. The van der Waals surface area contributed by atoms with Crippen LogP contribution in [0.5, 0.6) is 0 Å². The number of β-amino-alcohol motifs (C(OH)–C–C–N with tert-alkyl or cyclic N) is 1. The van der Waals surface area contributed by atoms with Crippen LogP contribution < -0.4 is 0 Å². The Kier molecular flexibility index (Phi) is 5.16. The maximum atomic E-state index is 10.9. The van der Waals surface area contributed by atoms with E-state index < -0.39 is 6.10 Å². The lowest BCUT2D eigenvalue weighted by molar-refractivity contribution is -0.385. The molecule has 1 atom stereocenters. The number of nitro groups is 1. The first-order valence-corrected chi connectivity index (χ1v) is 7.55. The minimum atomic E-state index is -0.556. The molecule has 122 valence electrons. The molecule has 0 aliphatic carbocycles. The Morgan fingerprint density at radius 3 is 2.77 bits per heavy atom. The maximum Gasteiger partial charge on any atom is 0.269 e. The molecule has 6 heteroatoms. The fourth-order valence-electron chi connectivity index (χ4n) is 2.57. The highest BCUT2D eigenvalue weighted by molar-refractivity contribution is 5.41. The first-order chi connectivity index (χ1) is 10.2. The standard InChI is InChI=1S/C16H24N2O4/c1-16(2,3)22-11-15(19)10-17-7-6-12-4-5-14(18(20)21)8-13(12)9-17/h4-5,8,15,19H,6-7,9-11H2,1-3H3. The van der Waals surface area contributed by atoms with E-state index in [4.69, 9.17) is 4.74 Å². The van der Waals surface area contributed by atoms with Crippen LogP contribution in [0.15, 0.2) is 18.2 Å². The number of non-ortho nitro benzene ring substituents is 1. The van der Waals surface area contributed by atoms with Crippen molar-refractivity contribution in [3.63, 3.8) is 0 Å². The average Bonchev–Trinajstić information content (AvgIpc) is 2.43. The molecule has 1 aliphatic rings. The highest BCUT2D eigenvalue weighted by atomic mass is 16.6. The molecule has 0 amide bonds. The summed E-state index contributed by atoms with van der Waals surface area (Å²) in [7, 11) is 0. The summed E-state index contributed by atoms with van der Waals surface area (Å²) >= 11 is 0. The van der Waals surface area contributed by atoms with Gasteiger partial charge in [0.1, 0.15) is 0 Å². The normalized spacial score (nSPS) is 17.1. The number of nitrogens with zero attached hydrogens (tertiary/aromatic N) is 2. The molecule has 1 heterocycles. The van der Waals surface area contributed by atoms with Gasteiger partial charge in [0.2, 0.25) is 0 Å². The van der Waals surface area contributed by atoms with E-state index in [1.54, 1.807) is 12.1 Å². The number of ether oxygens (including phenoxy) is 1. The second kappa shape index (κ2) is 6.73. The van der Waals surface area contributed by atoms with E-state index in [1.165, 1.54) is 0 Å². The largest absolute Gasteiger partial charge is 0.389 e. The molecule has 0 saturated carbocycles. The van der Waals surface area contributed by atoms with E-state index in [9.17, 15) is 15.2 Å². The highest BCUT2D eigenvalue weighted by Gasteiger charge is 2.22. The minimum Gasteiger partial charge on any atom is -0.389 e. The van der Waals surface area contributed by atoms with Gasteiger partial charge in [0.15, 0.2) is 0 Å². The van der Waals surface area contributed by atoms with E-state index in [2.05, 4.69) is 4.90 Å². The predicted octanol–water partition coefficient (Wildman–Crippen LogP) is 2.13. The van der Waals surface area contributed by atoms with Crippen molar-refractivity contribution in [2.75, 3.05) is 19.7 Å². The molecule has 1 N–H and O–H groups in total. The summed E-state index contributed by atoms with van der Waals surface area (Å²) in [4.78, 5) is 12.6.